The molecule has 0 fully saturated rings. The van der Waals surface area contributed by atoms with Crippen LogP contribution < -0.4 is 5.32 Å². The van der Waals surface area contributed by atoms with Gasteiger partial charge in [0.2, 0.25) is 0 Å². The summed E-state index contributed by atoms with van der Waals surface area (Å²) in [6.45, 7) is 0. The Bertz CT molecular complexity index is 1020. The largest absolute Gasteiger partial charge is 0.322 e. The van der Waals surface area contributed by atoms with Crippen molar-refractivity contribution in [2.75, 3.05) is 5.32 Å². The van der Waals surface area contributed by atoms with Crippen molar-refractivity contribution in [2.24, 2.45) is 0 Å². The first-order valence-electron chi connectivity index (χ1n) is 8.18. The number of fused-ring (bicyclic) bond motifs is 1. The summed E-state index contributed by atoms with van der Waals surface area (Å²) in [5.41, 5.74) is 3.63. The van der Waals surface area contributed by atoms with Crippen LogP contribution in [0.4, 0.5) is 5.69 Å². The van der Waals surface area contributed by atoms with E-state index in [0.717, 1.165) is 27.1 Å². The van der Waals surface area contributed by atoms with E-state index >= 15 is 0 Å². The first-order chi connectivity index (χ1) is 12.7. The average molecular weight is 423 g/mol. The van der Waals surface area contributed by atoms with Crippen molar-refractivity contribution < 1.29 is 4.79 Å². The van der Waals surface area contributed by atoms with Crippen molar-refractivity contribution in [1.82, 2.24) is 4.98 Å². The second kappa shape index (κ2) is 7.40. The number of nitrogens with one attached hydrogen (secondary N) is 1. The molecule has 1 N–H and O–H groups in total. The van der Waals surface area contributed by atoms with E-state index in [-0.39, 0.29) is 5.91 Å². The maximum Gasteiger partial charge on any atom is 0.255 e. The zero-order valence-corrected chi connectivity index (χ0v) is 16.2. The van der Waals surface area contributed by atoms with Crippen LogP contribution in [-0.4, -0.2) is 10.9 Å². The lowest BCUT2D eigenvalue weighted by Crippen LogP contribution is -2.11. The molecule has 0 unspecified atom stereocenters. The van der Waals surface area contributed by atoms with Gasteiger partial charge in [-0.2, -0.15) is 0 Å². The Morgan fingerprint density at radius 2 is 1.69 bits per heavy atom. The minimum atomic E-state index is -0.114. The smallest absolute Gasteiger partial charge is 0.255 e. The second-order valence-corrected chi connectivity index (χ2v) is 7.94. The summed E-state index contributed by atoms with van der Waals surface area (Å²) in [6, 6.07) is 23.4. The van der Waals surface area contributed by atoms with Crippen LogP contribution in [0.2, 0.25) is 0 Å². The van der Waals surface area contributed by atoms with Gasteiger partial charge in [0.05, 0.1) is 15.2 Å². The summed E-state index contributed by atoms with van der Waals surface area (Å²) in [5.74, 6) is -0.114. The number of carbonyl (C=O) groups excluding carboxylic acids is 1. The molecule has 128 valence electrons. The second-order valence-electron chi connectivity index (χ2n) is 5.91. The minimum Gasteiger partial charge on any atom is -0.322 e. The lowest BCUT2D eigenvalue weighted by molar-refractivity contribution is 0.102. The predicted octanol–water partition coefficient (Wildman–Crippen LogP) is 5.90. The first-order valence-corrected chi connectivity index (χ1v) is 9.79. The molecule has 0 spiro atoms. The Morgan fingerprint density at radius 1 is 0.962 bits per heavy atom. The van der Waals surface area contributed by atoms with Crippen molar-refractivity contribution in [3.05, 3.63) is 93.4 Å². The van der Waals surface area contributed by atoms with E-state index < -0.39 is 0 Å². The van der Waals surface area contributed by atoms with Gasteiger partial charge in [0, 0.05) is 22.1 Å². The number of aromatic nitrogens is 1. The van der Waals surface area contributed by atoms with Crippen LogP contribution >= 0.6 is 27.3 Å². The highest BCUT2D eigenvalue weighted by Crippen LogP contribution is 2.24. The number of thiazole rings is 1. The molecule has 0 saturated heterocycles. The molecule has 1 heterocycles. The number of hydrogen-bond acceptors (Lipinski definition) is 3. The van der Waals surface area contributed by atoms with E-state index in [4.69, 9.17) is 0 Å². The lowest BCUT2D eigenvalue weighted by atomic mass is 10.1. The van der Waals surface area contributed by atoms with Gasteiger partial charge in [0.1, 0.15) is 0 Å². The Kier molecular flexibility index (Phi) is 4.82. The standard InChI is InChI=1S/C21H15BrN2OS/c22-16-9-7-15(8-10-16)21(25)23-17-11-5-14(6-12-17)13-20-24-18-3-1-2-4-19(18)26-20/h1-12H,13H2,(H,23,25). The average Bonchev–Trinajstić information content (AvgIpc) is 3.06. The normalized spacial score (nSPS) is 10.8. The van der Waals surface area contributed by atoms with Crippen molar-refractivity contribution >= 4 is 49.1 Å². The van der Waals surface area contributed by atoms with Gasteiger partial charge in [-0.25, -0.2) is 4.98 Å². The van der Waals surface area contributed by atoms with Gasteiger partial charge >= 0.3 is 0 Å². The summed E-state index contributed by atoms with van der Waals surface area (Å²) in [7, 11) is 0. The van der Waals surface area contributed by atoms with Crippen LogP contribution in [0.3, 0.4) is 0 Å². The zero-order chi connectivity index (χ0) is 17.9. The molecule has 0 bridgehead atoms. The van der Waals surface area contributed by atoms with Crippen LogP contribution in [0.5, 0.6) is 0 Å². The first kappa shape index (κ1) is 16.9. The third-order valence-electron chi connectivity index (χ3n) is 4.01. The molecule has 3 nitrogen and oxygen atoms in total. The third-order valence-corrected chi connectivity index (χ3v) is 5.58. The molecule has 0 saturated carbocycles. The lowest BCUT2D eigenvalue weighted by Gasteiger charge is -2.06. The number of para-hydroxylation sites is 1. The molecule has 0 aliphatic carbocycles. The van der Waals surface area contributed by atoms with E-state index in [1.54, 1.807) is 23.5 Å². The molecule has 4 aromatic rings. The monoisotopic (exact) mass is 422 g/mol. The summed E-state index contributed by atoms with van der Waals surface area (Å²) in [6.07, 6.45) is 0.792. The van der Waals surface area contributed by atoms with E-state index in [9.17, 15) is 4.79 Å². The molecule has 3 aromatic carbocycles. The van der Waals surface area contributed by atoms with Crippen molar-refractivity contribution in [3.8, 4) is 0 Å². The highest BCUT2D eigenvalue weighted by Gasteiger charge is 2.07. The quantitative estimate of drug-likeness (QED) is 0.444. The fraction of sp³-hybridized carbons (Fsp3) is 0.0476. The third kappa shape index (κ3) is 3.84. The van der Waals surface area contributed by atoms with Crippen LogP contribution in [-0.2, 0) is 6.42 Å². The van der Waals surface area contributed by atoms with Crippen molar-refractivity contribution in [3.63, 3.8) is 0 Å². The summed E-state index contributed by atoms with van der Waals surface area (Å²) < 4.78 is 2.16. The van der Waals surface area contributed by atoms with Crippen molar-refractivity contribution in [1.29, 1.82) is 0 Å². The Morgan fingerprint density at radius 3 is 2.42 bits per heavy atom. The molecule has 0 radical (unpaired) electrons. The summed E-state index contributed by atoms with van der Waals surface area (Å²) in [4.78, 5) is 16.9. The van der Waals surface area contributed by atoms with Gasteiger partial charge in [-0.3, -0.25) is 4.79 Å². The molecular weight excluding hydrogens is 408 g/mol. The van der Waals surface area contributed by atoms with E-state index in [0.29, 0.717) is 5.56 Å². The number of carbonyl (C=O) groups is 1. The molecule has 4 rings (SSSR count). The maximum absolute atomic E-state index is 12.3. The van der Waals surface area contributed by atoms with Gasteiger partial charge < -0.3 is 5.32 Å². The Hall–Kier alpha value is -2.50. The Labute approximate surface area is 163 Å². The molecule has 0 aliphatic rings. The SMILES string of the molecule is O=C(Nc1ccc(Cc2nc3ccccc3s2)cc1)c1ccc(Br)cc1. The Balaban J connectivity index is 1.44. The number of amides is 1. The van der Waals surface area contributed by atoms with Crippen LogP contribution in [0.1, 0.15) is 20.9 Å². The fourth-order valence-corrected chi connectivity index (χ4v) is 3.95. The fourth-order valence-electron chi connectivity index (χ4n) is 2.68. The van der Waals surface area contributed by atoms with Gasteiger partial charge in [-0.05, 0) is 54.1 Å². The highest BCUT2D eigenvalue weighted by atomic mass is 79.9. The van der Waals surface area contributed by atoms with E-state index in [2.05, 4.69) is 32.3 Å². The number of benzene rings is 3. The molecular formula is C21H15BrN2OS. The summed E-state index contributed by atoms with van der Waals surface area (Å²) in [5, 5.41) is 4.02. The molecule has 5 heteroatoms. The number of rotatable bonds is 4. The van der Waals surface area contributed by atoms with Gasteiger partial charge in [0.15, 0.2) is 0 Å². The number of anilines is 1. The number of hydrogen-bond donors (Lipinski definition) is 1. The van der Waals surface area contributed by atoms with E-state index in [1.807, 2.05) is 54.6 Å². The summed E-state index contributed by atoms with van der Waals surface area (Å²) >= 11 is 5.09. The molecule has 1 aromatic heterocycles. The molecule has 1 amide bonds. The molecule has 0 atom stereocenters. The van der Waals surface area contributed by atoms with Gasteiger partial charge in [-0.15, -0.1) is 11.3 Å². The molecule has 26 heavy (non-hydrogen) atoms. The van der Waals surface area contributed by atoms with Gasteiger partial charge in [-0.1, -0.05) is 40.2 Å². The number of nitrogens with zero attached hydrogens (tertiary/aromatic N) is 1. The number of halogens is 1. The van der Waals surface area contributed by atoms with Crippen LogP contribution in [0.15, 0.2) is 77.3 Å². The highest BCUT2D eigenvalue weighted by molar-refractivity contribution is 9.10. The zero-order valence-electron chi connectivity index (χ0n) is 13.8. The minimum absolute atomic E-state index is 0.114. The van der Waals surface area contributed by atoms with Crippen LogP contribution in [0, 0.1) is 0 Å². The van der Waals surface area contributed by atoms with Crippen molar-refractivity contribution in [2.45, 2.75) is 6.42 Å². The van der Waals surface area contributed by atoms with E-state index in [1.165, 1.54) is 10.3 Å². The predicted molar refractivity (Wildman–Crippen MR) is 111 cm³/mol. The topological polar surface area (TPSA) is 42.0 Å². The van der Waals surface area contributed by atoms with Gasteiger partial charge in [0.25, 0.3) is 5.91 Å². The van der Waals surface area contributed by atoms with Crippen LogP contribution in [0.25, 0.3) is 10.2 Å². The maximum atomic E-state index is 12.3. The molecule has 0 aliphatic heterocycles.